The summed E-state index contributed by atoms with van der Waals surface area (Å²) < 4.78 is 1.64. The first kappa shape index (κ1) is 15.5. The van der Waals surface area contributed by atoms with E-state index in [4.69, 9.17) is 4.84 Å². The van der Waals surface area contributed by atoms with Gasteiger partial charge in [-0.2, -0.15) is 4.73 Å². The summed E-state index contributed by atoms with van der Waals surface area (Å²) in [7, 11) is 0. The van der Waals surface area contributed by atoms with Crippen LogP contribution in [0.2, 0.25) is 0 Å². The second-order valence-corrected chi connectivity index (χ2v) is 5.17. The Kier molecular flexibility index (Phi) is 3.87. The van der Waals surface area contributed by atoms with E-state index >= 15 is 0 Å². The number of fused-ring (bicyclic) bond motifs is 1. The fourth-order valence-electron chi connectivity index (χ4n) is 2.31. The van der Waals surface area contributed by atoms with Crippen molar-refractivity contribution in [3.63, 3.8) is 0 Å². The first-order chi connectivity index (χ1) is 11.5. The highest BCUT2D eigenvalue weighted by Crippen LogP contribution is 2.13. The maximum Gasteiger partial charge on any atom is 0.352 e. The van der Waals surface area contributed by atoms with Crippen LogP contribution in [0.4, 0.5) is 5.69 Å². The first-order valence-electron chi connectivity index (χ1n) is 7.09. The standard InChI is InChI=1S/C16H13N3O5/c1-11-16(20)18(15-5-3-2-4-14(15)17(11)21)24-10-12-6-8-13(9-7-12)19(22)23/h2-9H,10H2,1H3. The summed E-state index contributed by atoms with van der Waals surface area (Å²) >= 11 is 0. The van der Waals surface area contributed by atoms with Gasteiger partial charge in [-0.1, -0.05) is 12.1 Å². The number of hydrogen-bond donors (Lipinski definition) is 0. The zero-order chi connectivity index (χ0) is 17.3. The van der Waals surface area contributed by atoms with Crippen molar-refractivity contribution in [1.82, 2.24) is 4.73 Å². The van der Waals surface area contributed by atoms with Crippen LogP contribution in [0.25, 0.3) is 11.0 Å². The smallest absolute Gasteiger partial charge is 0.352 e. The molecule has 0 radical (unpaired) electrons. The molecular formula is C16H13N3O5. The van der Waals surface area contributed by atoms with Crippen molar-refractivity contribution >= 4 is 16.7 Å². The Morgan fingerprint density at radius 3 is 2.50 bits per heavy atom. The van der Waals surface area contributed by atoms with Crippen LogP contribution in [-0.4, -0.2) is 9.65 Å². The Balaban J connectivity index is 1.96. The van der Waals surface area contributed by atoms with Crippen LogP contribution in [0.1, 0.15) is 11.3 Å². The molecule has 3 aromatic rings. The van der Waals surface area contributed by atoms with Crippen molar-refractivity contribution in [2.24, 2.45) is 0 Å². The van der Waals surface area contributed by atoms with Crippen molar-refractivity contribution in [3.05, 3.63) is 85.5 Å². The number of nitro benzene ring substituents is 1. The molecule has 1 aromatic heterocycles. The van der Waals surface area contributed by atoms with E-state index in [2.05, 4.69) is 0 Å². The summed E-state index contributed by atoms with van der Waals surface area (Å²) in [6, 6.07) is 12.4. The van der Waals surface area contributed by atoms with Gasteiger partial charge in [0, 0.05) is 25.1 Å². The molecule has 122 valence electrons. The quantitative estimate of drug-likeness (QED) is 0.313. The van der Waals surface area contributed by atoms with Crippen LogP contribution in [0.5, 0.6) is 0 Å². The Labute approximate surface area is 135 Å². The first-order valence-corrected chi connectivity index (χ1v) is 7.09. The van der Waals surface area contributed by atoms with Gasteiger partial charge >= 0.3 is 5.56 Å². The number of hydrogen-bond acceptors (Lipinski definition) is 5. The van der Waals surface area contributed by atoms with E-state index in [-0.39, 0.29) is 18.0 Å². The summed E-state index contributed by atoms with van der Waals surface area (Å²) in [6.45, 7) is 1.46. The Hall–Kier alpha value is -3.42. The third-order valence-corrected chi connectivity index (χ3v) is 3.63. The van der Waals surface area contributed by atoms with E-state index in [0.29, 0.717) is 21.3 Å². The summed E-state index contributed by atoms with van der Waals surface area (Å²) in [5.74, 6) is 0. The molecule has 0 unspecified atom stereocenters. The highest BCUT2D eigenvalue weighted by molar-refractivity contribution is 5.71. The number of nitrogens with zero attached hydrogens (tertiary/aromatic N) is 3. The fourth-order valence-corrected chi connectivity index (χ4v) is 2.31. The molecule has 0 atom stereocenters. The minimum Gasteiger partial charge on any atom is -0.618 e. The predicted octanol–water partition coefficient (Wildman–Crippen LogP) is 1.48. The van der Waals surface area contributed by atoms with E-state index in [0.717, 1.165) is 4.73 Å². The van der Waals surface area contributed by atoms with Gasteiger partial charge in [-0.15, -0.1) is 4.73 Å². The number of benzene rings is 2. The van der Waals surface area contributed by atoms with Gasteiger partial charge in [-0.05, 0) is 23.8 Å². The topological polar surface area (TPSA) is 101 Å². The average molecular weight is 327 g/mol. The van der Waals surface area contributed by atoms with Gasteiger partial charge in [-0.3, -0.25) is 14.9 Å². The van der Waals surface area contributed by atoms with Gasteiger partial charge in [-0.25, -0.2) is 0 Å². The fraction of sp³-hybridized carbons (Fsp3) is 0.125. The van der Waals surface area contributed by atoms with Gasteiger partial charge in [0.25, 0.3) is 11.4 Å². The van der Waals surface area contributed by atoms with Gasteiger partial charge in [0.2, 0.25) is 5.52 Å². The molecule has 0 N–H and O–H groups in total. The molecule has 1 heterocycles. The Morgan fingerprint density at radius 1 is 1.17 bits per heavy atom. The summed E-state index contributed by atoms with van der Waals surface area (Å²) in [5.41, 5.74) is 0.753. The molecule has 2 aromatic carbocycles. The molecule has 8 nitrogen and oxygen atoms in total. The van der Waals surface area contributed by atoms with Crippen molar-refractivity contribution in [2.45, 2.75) is 13.5 Å². The average Bonchev–Trinajstić information content (AvgIpc) is 2.60. The van der Waals surface area contributed by atoms with Gasteiger partial charge < -0.3 is 10.0 Å². The van der Waals surface area contributed by atoms with E-state index in [1.54, 1.807) is 36.4 Å². The van der Waals surface area contributed by atoms with Crippen LogP contribution in [-0.2, 0) is 6.61 Å². The minimum absolute atomic E-state index is 0.00241. The zero-order valence-electron chi connectivity index (χ0n) is 12.7. The van der Waals surface area contributed by atoms with E-state index in [1.165, 1.54) is 19.1 Å². The molecule has 0 spiro atoms. The Bertz CT molecular complexity index is 979. The monoisotopic (exact) mass is 327 g/mol. The lowest BCUT2D eigenvalue weighted by Gasteiger charge is -2.12. The number of aromatic nitrogens is 2. The number of rotatable bonds is 4. The second kappa shape index (κ2) is 5.99. The molecule has 0 amide bonds. The second-order valence-electron chi connectivity index (χ2n) is 5.17. The molecule has 0 aliphatic carbocycles. The van der Waals surface area contributed by atoms with Crippen molar-refractivity contribution in [2.75, 3.05) is 0 Å². The van der Waals surface area contributed by atoms with Crippen LogP contribution in [0.3, 0.4) is 0 Å². The molecule has 0 saturated heterocycles. The molecule has 0 fully saturated rings. The molecule has 0 aliphatic rings. The largest absolute Gasteiger partial charge is 0.618 e. The predicted molar refractivity (Wildman–Crippen MR) is 85.3 cm³/mol. The van der Waals surface area contributed by atoms with Crippen LogP contribution in [0.15, 0.2) is 53.3 Å². The third kappa shape index (κ3) is 2.65. The van der Waals surface area contributed by atoms with Crippen LogP contribution in [0, 0.1) is 22.2 Å². The Morgan fingerprint density at radius 2 is 1.83 bits per heavy atom. The summed E-state index contributed by atoms with van der Waals surface area (Å²) in [4.78, 5) is 28.0. The van der Waals surface area contributed by atoms with Crippen molar-refractivity contribution < 1.29 is 14.5 Å². The lowest BCUT2D eigenvalue weighted by Crippen LogP contribution is -2.43. The highest BCUT2D eigenvalue weighted by atomic mass is 16.7. The molecule has 0 bridgehead atoms. The lowest BCUT2D eigenvalue weighted by atomic mass is 10.2. The molecule has 0 saturated carbocycles. The highest BCUT2D eigenvalue weighted by Gasteiger charge is 2.17. The minimum atomic E-state index is -0.550. The van der Waals surface area contributed by atoms with E-state index < -0.39 is 10.5 Å². The van der Waals surface area contributed by atoms with Crippen molar-refractivity contribution in [1.29, 1.82) is 0 Å². The van der Waals surface area contributed by atoms with Crippen LogP contribution >= 0.6 is 0 Å². The van der Waals surface area contributed by atoms with Crippen molar-refractivity contribution in [3.8, 4) is 0 Å². The lowest BCUT2D eigenvalue weighted by molar-refractivity contribution is -0.586. The number of non-ortho nitro benzene ring substituents is 1. The normalized spacial score (nSPS) is 10.7. The van der Waals surface area contributed by atoms with Gasteiger partial charge in [0.05, 0.1) is 4.92 Å². The molecule has 24 heavy (non-hydrogen) atoms. The summed E-state index contributed by atoms with van der Waals surface area (Å²) in [6.07, 6.45) is 0. The van der Waals surface area contributed by atoms with E-state index in [1.807, 2.05) is 0 Å². The van der Waals surface area contributed by atoms with Gasteiger partial charge in [0.15, 0.2) is 5.52 Å². The third-order valence-electron chi connectivity index (χ3n) is 3.63. The van der Waals surface area contributed by atoms with Gasteiger partial charge in [0.1, 0.15) is 6.61 Å². The number of para-hydroxylation sites is 2. The SMILES string of the molecule is Cc1c(=O)n(OCc2ccc([N+](=O)[O-])cc2)c2ccccc2[n+]1[O-]. The zero-order valence-corrected chi connectivity index (χ0v) is 12.7. The maximum absolute atomic E-state index is 12.3. The van der Waals surface area contributed by atoms with Crippen LogP contribution < -0.4 is 15.1 Å². The number of nitro groups is 1. The molecule has 0 aliphatic heterocycles. The maximum atomic E-state index is 12.3. The van der Waals surface area contributed by atoms with E-state index in [9.17, 15) is 20.1 Å². The summed E-state index contributed by atoms with van der Waals surface area (Å²) in [5, 5.41) is 22.7. The molecule has 3 rings (SSSR count). The molecule has 8 heteroatoms. The molecular weight excluding hydrogens is 314 g/mol.